The van der Waals surface area contributed by atoms with Crippen molar-refractivity contribution in [3.8, 4) is 0 Å². The molecule has 3 saturated heterocycles. The zero-order valence-electron chi connectivity index (χ0n) is 18.0. The van der Waals surface area contributed by atoms with Gasteiger partial charge >= 0.3 is 0 Å². The van der Waals surface area contributed by atoms with Gasteiger partial charge in [-0.05, 0) is 30.3 Å². The molecule has 3 aromatic rings. The highest BCUT2D eigenvalue weighted by Gasteiger charge is 2.72. The number of rotatable bonds is 3. The number of amides is 2. The molecule has 4 aliphatic rings. The SMILES string of the molecule is O=C1C2C3OC(C2C(=O)N1c1ccccc1)C1C3C(c2ccccc2Cl)=NN1c1ccccc1. The predicted molar refractivity (Wildman–Crippen MR) is 129 cm³/mol. The van der Waals surface area contributed by atoms with Gasteiger partial charge in [-0.3, -0.25) is 14.6 Å². The maximum Gasteiger partial charge on any atom is 0.240 e. The smallest absolute Gasteiger partial charge is 0.240 e. The third-order valence-corrected chi connectivity index (χ3v) is 7.81. The van der Waals surface area contributed by atoms with E-state index in [-0.39, 0.29) is 23.8 Å². The Kier molecular flexibility index (Phi) is 4.26. The van der Waals surface area contributed by atoms with Gasteiger partial charge in [0.15, 0.2) is 0 Å². The van der Waals surface area contributed by atoms with Crippen LogP contribution in [0.3, 0.4) is 0 Å². The quantitative estimate of drug-likeness (QED) is 0.541. The molecule has 2 amide bonds. The summed E-state index contributed by atoms with van der Waals surface area (Å²) < 4.78 is 6.44. The van der Waals surface area contributed by atoms with Gasteiger partial charge in [0, 0.05) is 10.6 Å². The number of hydrazone groups is 1. The highest BCUT2D eigenvalue weighted by Crippen LogP contribution is 2.56. The lowest BCUT2D eigenvalue weighted by Gasteiger charge is -2.32. The molecule has 0 saturated carbocycles. The predicted octanol–water partition coefficient (Wildman–Crippen LogP) is 4.14. The van der Waals surface area contributed by atoms with Crippen LogP contribution in [0.1, 0.15) is 5.56 Å². The van der Waals surface area contributed by atoms with Crippen molar-refractivity contribution in [3.05, 3.63) is 95.5 Å². The molecular formula is C27H20ClN3O3. The first-order valence-corrected chi connectivity index (χ1v) is 11.8. The summed E-state index contributed by atoms with van der Waals surface area (Å²) in [5.41, 5.74) is 3.17. The van der Waals surface area contributed by atoms with Crippen LogP contribution in [0.5, 0.6) is 0 Å². The van der Waals surface area contributed by atoms with Gasteiger partial charge in [-0.1, -0.05) is 66.2 Å². The lowest BCUT2D eigenvalue weighted by molar-refractivity contribution is -0.125. The summed E-state index contributed by atoms with van der Waals surface area (Å²) in [7, 11) is 0. The number of halogens is 1. The Labute approximate surface area is 201 Å². The lowest BCUT2D eigenvalue weighted by Crippen LogP contribution is -2.50. The van der Waals surface area contributed by atoms with Crippen molar-refractivity contribution in [2.75, 3.05) is 9.91 Å². The van der Waals surface area contributed by atoms with E-state index in [1.165, 1.54) is 4.90 Å². The van der Waals surface area contributed by atoms with E-state index in [4.69, 9.17) is 21.4 Å². The van der Waals surface area contributed by atoms with Crippen LogP contribution < -0.4 is 9.91 Å². The zero-order valence-corrected chi connectivity index (χ0v) is 18.7. The molecule has 6 atom stereocenters. The Morgan fingerprint density at radius 2 is 1.29 bits per heavy atom. The van der Waals surface area contributed by atoms with Crippen molar-refractivity contribution < 1.29 is 14.3 Å². The average Bonchev–Trinajstić information content (AvgIpc) is 3.60. The summed E-state index contributed by atoms with van der Waals surface area (Å²) >= 11 is 6.59. The molecule has 168 valence electrons. The van der Waals surface area contributed by atoms with Gasteiger partial charge in [-0.25, -0.2) is 4.90 Å². The molecular weight excluding hydrogens is 450 g/mol. The number of fused-ring (bicyclic) bond motifs is 8. The first-order valence-electron chi connectivity index (χ1n) is 11.4. The van der Waals surface area contributed by atoms with Crippen LogP contribution in [-0.2, 0) is 14.3 Å². The standard InChI is InChI=1S/C27H20ClN3O3/c28-18-14-8-7-13-17(18)22-21-23(31(29-22)16-11-5-2-6-12-16)25-20-19(24(21)34-25)26(32)30(27(20)33)15-9-3-1-4-10-15/h1-14,19-21,23-25H. The second-order valence-electron chi connectivity index (χ2n) is 9.13. The Balaban J connectivity index is 1.34. The number of hydrogen-bond acceptors (Lipinski definition) is 5. The fourth-order valence-corrected chi connectivity index (χ4v) is 6.39. The number of anilines is 2. The number of benzene rings is 3. The number of para-hydroxylation sites is 2. The monoisotopic (exact) mass is 469 g/mol. The van der Waals surface area contributed by atoms with Crippen LogP contribution in [-0.4, -0.2) is 35.8 Å². The van der Waals surface area contributed by atoms with Gasteiger partial charge in [0.05, 0.1) is 53.1 Å². The van der Waals surface area contributed by atoms with Crippen molar-refractivity contribution in [1.29, 1.82) is 0 Å². The molecule has 0 spiro atoms. The number of imide groups is 1. The lowest BCUT2D eigenvalue weighted by atomic mass is 9.70. The summed E-state index contributed by atoms with van der Waals surface area (Å²) in [6.07, 6.45) is -0.872. The second-order valence-corrected chi connectivity index (χ2v) is 9.53. The van der Waals surface area contributed by atoms with E-state index in [2.05, 4.69) is 0 Å². The zero-order chi connectivity index (χ0) is 23.0. The Morgan fingerprint density at radius 1 is 0.706 bits per heavy atom. The van der Waals surface area contributed by atoms with E-state index >= 15 is 0 Å². The first kappa shape index (κ1) is 19.9. The topological polar surface area (TPSA) is 62.2 Å². The molecule has 34 heavy (non-hydrogen) atoms. The molecule has 4 aliphatic heterocycles. The highest BCUT2D eigenvalue weighted by atomic mass is 35.5. The number of ether oxygens (including phenoxy) is 1. The summed E-state index contributed by atoms with van der Waals surface area (Å²) in [4.78, 5) is 28.5. The molecule has 0 aromatic heterocycles. The highest BCUT2D eigenvalue weighted by molar-refractivity contribution is 6.34. The van der Waals surface area contributed by atoms with Gasteiger partial charge in [0.25, 0.3) is 0 Å². The van der Waals surface area contributed by atoms with E-state index in [0.29, 0.717) is 10.7 Å². The summed E-state index contributed by atoms with van der Waals surface area (Å²) in [5, 5.41) is 7.59. The number of carbonyl (C=O) groups excluding carboxylic acids is 2. The van der Waals surface area contributed by atoms with Gasteiger partial charge in [-0.15, -0.1) is 0 Å². The van der Waals surface area contributed by atoms with Crippen LogP contribution in [0.2, 0.25) is 5.02 Å². The molecule has 6 unspecified atom stereocenters. The molecule has 3 fully saturated rings. The minimum absolute atomic E-state index is 0.168. The van der Waals surface area contributed by atoms with Crippen molar-refractivity contribution in [2.24, 2.45) is 22.9 Å². The fraction of sp³-hybridized carbons (Fsp3) is 0.222. The third-order valence-electron chi connectivity index (χ3n) is 7.48. The number of nitrogens with zero attached hydrogens (tertiary/aromatic N) is 3. The molecule has 2 bridgehead atoms. The molecule has 7 heteroatoms. The van der Waals surface area contributed by atoms with E-state index in [1.807, 2.05) is 77.8 Å². The third kappa shape index (κ3) is 2.58. The van der Waals surface area contributed by atoms with E-state index in [9.17, 15) is 9.59 Å². The molecule has 0 radical (unpaired) electrons. The largest absolute Gasteiger partial charge is 0.370 e. The van der Waals surface area contributed by atoms with E-state index in [1.54, 1.807) is 12.1 Å². The van der Waals surface area contributed by atoms with Crippen molar-refractivity contribution >= 4 is 40.5 Å². The van der Waals surface area contributed by atoms with Crippen molar-refractivity contribution in [2.45, 2.75) is 18.2 Å². The maximum absolute atomic E-state index is 13.6. The fourth-order valence-electron chi connectivity index (χ4n) is 6.16. The maximum atomic E-state index is 13.6. The minimum atomic E-state index is -0.526. The second kappa shape index (κ2) is 7.26. The van der Waals surface area contributed by atoms with E-state index < -0.39 is 24.0 Å². The normalized spacial score (nSPS) is 31.1. The molecule has 6 nitrogen and oxygen atoms in total. The van der Waals surface area contributed by atoms with Gasteiger partial charge in [-0.2, -0.15) is 5.10 Å². The average molecular weight is 470 g/mol. The number of hydrogen-bond donors (Lipinski definition) is 0. The van der Waals surface area contributed by atoms with Crippen LogP contribution in [0, 0.1) is 17.8 Å². The number of carbonyl (C=O) groups is 2. The van der Waals surface area contributed by atoms with Crippen LogP contribution in [0.4, 0.5) is 11.4 Å². The van der Waals surface area contributed by atoms with E-state index in [0.717, 1.165) is 17.0 Å². The first-order chi connectivity index (χ1) is 16.6. The van der Waals surface area contributed by atoms with Crippen LogP contribution in [0.25, 0.3) is 0 Å². The minimum Gasteiger partial charge on any atom is -0.370 e. The van der Waals surface area contributed by atoms with Crippen LogP contribution in [0.15, 0.2) is 90.0 Å². The molecule has 7 rings (SSSR count). The molecule has 4 heterocycles. The summed E-state index contributed by atoms with van der Waals surface area (Å²) in [5.74, 6) is -1.60. The summed E-state index contributed by atoms with van der Waals surface area (Å²) in [6, 6.07) is 26.5. The molecule has 3 aromatic carbocycles. The molecule has 0 N–H and O–H groups in total. The van der Waals surface area contributed by atoms with Crippen molar-refractivity contribution in [3.63, 3.8) is 0 Å². The van der Waals surface area contributed by atoms with Gasteiger partial charge in [0.2, 0.25) is 11.8 Å². The van der Waals surface area contributed by atoms with Crippen LogP contribution >= 0.6 is 11.6 Å². The summed E-state index contributed by atoms with van der Waals surface area (Å²) in [6.45, 7) is 0. The Morgan fingerprint density at radius 3 is 1.97 bits per heavy atom. The van der Waals surface area contributed by atoms with Gasteiger partial charge < -0.3 is 4.74 Å². The van der Waals surface area contributed by atoms with Gasteiger partial charge in [0.1, 0.15) is 0 Å². The Bertz CT molecular complexity index is 1350. The molecule has 0 aliphatic carbocycles. The Hall–Kier alpha value is -3.48. The van der Waals surface area contributed by atoms with Crippen molar-refractivity contribution in [1.82, 2.24) is 0 Å².